The maximum atomic E-state index is 13.5. The fourth-order valence-electron chi connectivity index (χ4n) is 5.01. The quantitative estimate of drug-likeness (QED) is 0.161. The van der Waals surface area contributed by atoms with Gasteiger partial charge in [-0.25, -0.2) is 8.42 Å². The minimum absolute atomic E-state index is 0.151. The van der Waals surface area contributed by atoms with Crippen molar-refractivity contribution in [3.8, 4) is 11.3 Å². The third kappa shape index (κ3) is 9.41. The fourth-order valence-corrected chi connectivity index (χ4v) is 9.16. The van der Waals surface area contributed by atoms with Crippen LogP contribution in [0.3, 0.4) is 0 Å². The van der Waals surface area contributed by atoms with E-state index in [1.165, 1.54) is 34.4 Å². The molecule has 0 saturated heterocycles. The van der Waals surface area contributed by atoms with E-state index in [-0.39, 0.29) is 24.2 Å². The first-order chi connectivity index (χ1) is 22.4. The van der Waals surface area contributed by atoms with E-state index in [2.05, 4.69) is 0 Å². The van der Waals surface area contributed by atoms with Crippen LogP contribution in [-0.4, -0.2) is 53.5 Å². The largest absolute Gasteiger partial charge is 0.748 e. The van der Waals surface area contributed by atoms with Gasteiger partial charge in [-0.05, 0) is 43.2 Å². The average Bonchev–Trinajstić information content (AvgIpc) is 3.71. The molecule has 15 heteroatoms. The van der Waals surface area contributed by atoms with Gasteiger partial charge in [0, 0.05) is 41.9 Å². The van der Waals surface area contributed by atoms with Crippen molar-refractivity contribution in [3.63, 3.8) is 0 Å². The Morgan fingerprint density at radius 3 is 2.26 bits per heavy atom. The van der Waals surface area contributed by atoms with Gasteiger partial charge in [0.15, 0.2) is 6.54 Å². The lowest BCUT2D eigenvalue weighted by atomic mass is 10.2. The highest BCUT2D eigenvalue weighted by Crippen LogP contribution is 2.42. The highest BCUT2D eigenvalue weighted by Gasteiger charge is 2.22. The van der Waals surface area contributed by atoms with Crippen molar-refractivity contribution in [1.29, 1.82) is 0 Å². The number of hydrogen-bond acceptors (Lipinski definition) is 10. The number of allylic oxidation sites excluding steroid dienone is 1. The summed E-state index contributed by atoms with van der Waals surface area (Å²) in [7, 11) is -8.45. The molecule has 4 aromatic rings. The molecule has 1 aliphatic heterocycles. The molecule has 0 saturated carbocycles. The van der Waals surface area contributed by atoms with Crippen molar-refractivity contribution in [2.45, 2.75) is 32.9 Å². The number of thiazole rings is 2. The monoisotopic (exact) mass is 731 g/mol. The molecule has 0 aliphatic carbocycles. The van der Waals surface area contributed by atoms with Crippen molar-refractivity contribution in [2.75, 3.05) is 18.1 Å². The van der Waals surface area contributed by atoms with Crippen LogP contribution in [0, 0.1) is 0 Å². The molecule has 0 unspecified atom stereocenters. The molecule has 2 aromatic heterocycles. The number of benzene rings is 2. The van der Waals surface area contributed by atoms with Crippen LogP contribution in [0.2, 0.25) is 0 Å². The Balaban J connectivity index is 1.51. The van der Waals surface area contributed by atoms with Gasteiger partial charge in [0.25, 0.3) is 20.7 Å². The smallest absolute Gasteiger partial charge is 0.269 e. The zero-order valence-electron chi connectivity index (χ0n) is 25.4. The second-order valence-corrected chi connectivity index (χ2v) is 16.7. The van der Waals surface area contributed by atoms with Gasteiger partial charge in [0.2, 0.25) is 5.69 Å². The van der Waals surface area contributed by atoms with Gasteiger partial charge < -0.3 is 9.45 Å². The second kappa shape index (κ2) is 15.3. The highest BCUT2D eigenvalue weighted by atomic mass is 32.2. The Kier molecular flexibility index (Phi) is 11.4. The van der Waals surface area contributed by atoms with Gasteiger partial charge in [-0.1, -0.05) is 71.6 Å². The number of rotatable bonds is 13. The van der Waals surface area contributed by atoms with E-state index in [1.807, 2.05) is 101 Å². The van der Waals surface area contributed by atoms with Crippen LogP contribution in [0.25, 0.3) is 28.3 Å². The zero-order valence-corrected chi connectivity index (χ0v) is 29.5. The lowest BCUT2D eigenvalue weighted by Gasteiger charge is -2.16. The second-order valence-electron chi connectivity index (χ2n) is 10.6. The zero-order chi connectivity index (χ0) is 33.6. The van der Waals surface area contributed by atoms with Crippen LogP contribution < -0.4 is 19.3 Å². The Labute approximate surface area is 285 Å². The third-order valence-corrected chi connectivity index (χ3v) is 11.9. The fraction of sp³-hybridized carbons (Fsp3) is 0.250. The molecule has 0 fully saturated rings. The number of nitrogens with zero attached hydrogens (tertiary/aromatic N) is 3. The predicted molar refractivity (Wildman–Crippen MR) is 188 cm³/mol. The summed E-state index contributed by atoms with van der Waals surface area (Å²) in [6.45, 7) is 3.01. The van der Waals surface area contributed by atoms with Crippen molar-refractivity contribution in [1.82, 2.24) is 9.47 Å². The van der Waals surface area contributed by atoms with Crippen molar-refractivity contribution < 1.29 is 30.5 Å². The van der Waals surface area contributed by atoms with Gasteiger partial charge in [0.1, 0.15) is 4.66 Å². The minimum Gasteiger partial charge on any atom is -0.748 e. The average molecular weight is 732 g/mol. The van der Waals surface area contributed by atoms with Crippen molar-refractivity contribution in [2.24, 2.45) is 0 Å². The molecule has 248 valence electrons. The highest BCUT2D eigenvalue weighted by molar-refractivity contribution is 8.12. The molecule has 0 atom stereocenters. The third-order valence-electron chi connectivity index (χ3n) is 7.20. The van der Waals surface area contributed by atoms with Gasteiger partial charge >= 0.3 is 0 Å². The van der Waals surface area contributed by atoms with Crippen LogP contribution in [0.4, 0.5) is 0 Å². The van der Waals surface area contributed by atoms with Gasteiger partial charge in [-0.3, -0.25) is 13.9 Å². The molecule has 1 N–H and O–H groups in total. The summed E-state index contributed by atoms with van der Waals surface area (Å²) < 4.78 is 70.7. The first-order valence-corrected chi connectivity index (χ1v) is 20.4. The molecule has 5 rings (SSSR count). The summed E-state index contributed by atoms with van der Waals surface area (Å²) in [6, 6.07) is 19.5. The van der Waals surface area contributed by atoms with E-state index in [0.717, 1.165) is 36.4 Å². The summed E-state index contributed by atoms with van der Waals surface area (Å²) >= 11 is 4.32. The number of aromatic nitrogens is 2. The van der Waals surface area contributed by atoms with Crippen molar-refractivity contribution >= 4 is 71.7 Å². The Hall–Kier alpha value is -3.31. The number of hydrogen-bond donors (Lipinski definition) is 1. The van der Waals surface area contributed by atoms with Crippen LogP contribution in [0.15, 0.2) is 88.1 Å². The Bertz CT molecular complexity index is 2190. The molecule has 0 bridgehead atoms. The predicted octanol–water partition coefficient (Wildman–Crippen LogP) is 3.66. The summed E-state index contributed by atoms with van der Waals surface area (Å²) in [5.41, 5.74) is 2.69. The molecule has 2 aromatic carbocycles. The van der Waals surface area contributed by atoms with E-state index in [1.54, 1.807) is 10.6 Å². The summed E-state index contributed by atoms with van der Waals surface area (Å²) in [6.07, 6.45) is 7.87. The topological polar surface area (TPSA) is 141 Å². The molecule has 0 radical (unpaired) electrons. The molecule has 47 heavy (non-hydrogen) atoms. The lowest BCUT2D eigenvalue weighted by Crippen LogP contribution is -2.38. The molecular weight excluding hydrogens is 699 g/mol. The summed E-state index contributed by atoms with van der Waals surface area (Å²) in [5, 5.41) is 3.61. The SMILES string of the molecule is CCn1c(=O)/c(=C\C=C2/SC(c3ccccc3)=CN2CCCS(=O)(=O)O)s/c1=C\c1scc(-c2ccccc2)[n+]1CCCS(=O)(=O)[O-]. The first kappa shape index (κ1) is 35.0. The van der Waals surface area contributed by atoms with E-state index in [4.69, 9.17) is 0 Å². The van der Waals surface area contributed by atoms with Crippen LogP contribution in [-0.2, 0) is 33.3 Å². The van der Waals surface area contributed by atoms with Gasteiger partial charge in [-0.15, -0.1) is 11.3 Å². The number of thioether (sulfide) groups is 1. The molecule has 0 amide bonds. The standard InChI is InChI=1S/C32H33N3O7S5/c1-2-34-31(21-30-35(18-10-20-47(40,41)42)26(23-43-30)24-11-5-3-6-12-24)44-27(32(34)36)15-16-29-33(17-9-19-46(37,38)39)22-28(45-29)25-13-7-4-8-14-25/h3-8,11-16,21-23H,2,9-10,17-20H2,1H3,(H-,37,38,39,40,41,42)/b27-15+,29-16-. The molecule has 3 heterocycles. The minimum atomic E-state index is -4.36. The Morgan fingerprint density at radius 2 is 1.62 bits per heavy atom. The molecule has 10 nitrogen and oxygen atoms in total. The van der Waals surface area contributed by atoms with Crippen LogP contribution in [0.1, 0.15) is 30.3 Å². The van der Waals surface area contributed by atoms with E-state index in [0.29, 0.717) is 24.2 Å². The first-order valence-electron chi connectivity index (χ1n) is 14.7. The maximum Gasteiger partial charge on any atom is 0.269 e. The summed E-state index contributed by atoms with van der Waals surface area (Å²) in [5.74, 6) is -0.825. The maximum absolute atomic E-state index is 13.5. The molecule has 1 aliphatic rings. The van der Waals surface area contributed by atoms with E-state index in [9.17, 15) is 30.7 Å². The molecular formula is C32H33N3O7S5. The van der Waals surface area contributed by atoms with Crippen molar-refractivity contribution in [3.05, 3.63) is 113 Å². The van der Waals surface area contributed by atoms with E-state index >= 15 is 0 Å². The van der Waals surface area contributed by atoms with Crippen LogP contribution >= 0.6 is 34.4 Å². The molecule has 0 spiro atoms. The van der Waals surface area contributed by atoms with Crippen LogP contribution in [0.5, 0.6) is 0 Å². The van der Waals surface area contributed by atoms with Gasteiger partial charge in [0.05, 0.1) is 36.9 Å². The van der Waals surface area contributed by atoms with E-state index < -0.39 is 26.0 Å². The normalized spacial score (nSPS) is 15.6. The van der Waals surface area contributed by atoms with Gasteiger partial charge in [-0.2, -0.15) is 13.0 Å². The summed E-state index contributed by atoms with van der Waals surface area (Å²) in [4.78, 5) is 16.4. The Morgan fingerprint density at radius 1 is 0.936 bits per heavy atom. The lowest BCUT2D eigenvalue weighted by molar-refractivity contribution is -0.683.